The van der Waals surface area contributed by atoms with Gasteiger partial charge < -0.3 is 4.74 Å². The number of ether oxygens (including phenoxy) is 1. The van der Waals surface area contributed by atoms with Crippen molar-refractivity contribution >= 4 is 16.1 Å². The standard InChI is InChI=1S/C11H15NO4S/c1-9-4-5-11(10(8-13)12-9)16-6-3-7-17(2,14)15/h4-5,8H,3,6-7H2,1-2H3. The third-order valence-electron chi connectivity index (χ3n) is 2.05. The summed E-state index contributed by atoms with van der Waals surface area (Å²) < 4.78 is 27.1. The number of hydrogen-bond acceptors (Lipinski definition) is 5. The van der Waals surface area contributed by atoms with Gasteiger partial charge in [0.2, 0.25) is 0 Å². The summed E-state index contributed by atoms with van der Waals surface area (Å²) in [6.45, 7) is 2.03. The van der Waals surface area contributed by atoms with E-state index in [1.54, 1.807) is 19.1 Å². The topological polar surface area (TPSA) is 73.3 Å². The van der Waals surface area contributed by atoms with Gasteiger partial charge in [0.05, 0.1) is 12.4 Å². The molecule has 17 heavy (non-hydrogen) atoms. The highest BCUT2D eigenvalue weighted by atomic mass is 32.2. The van der Waals surface area contributed by atoms with Crippen LogP contribution in [0.5, 0.6) is 5.75 Å². The average Bonchev–Trinajstić information content (AvgIpc) is 2.24. The second kappa shape index (κ2) is 5.77. The first-order valence-electron chi connectivity index (χ1n) is 5.16. The fourth-order valence-corrected chi connectivity index (χ4v) is 1.92. The first-order chi connectivity index (χ1) is 7.92. The molecule has 0 unspecified atom stereocenters. The zero-order valence-corrected chi connectivity index (χ0v) is 10.7. The minimum atomic E-state index is -2.97. The number of carbonyl (C=O) groups is 1. The first-order valence-corrected chi connectivity index (χ1v) is 7.22. The van der Waals surface area contributed by atoms with Crippen molar-refractivity contribution in [1.29, 1.82) is 0 Å². The number of nitrogens with zero attached hydrogens (tertiary/aromatic N) is 1. The molecule has 0 aliphatic heterocycles. The summed E-state index contributed by atoms with van der Waals surface area (Å²) in [4.78, 5) is 14.7. The molecule has 0 saturated heterocycles. The summed E-state index contributed by atoms with van der Waals surface area (Å²) in [6.07, 6.45) is 2.20. The van der Waals surface area contributed by atoms with E-state index in [1.807, 2.05) is 0 Å². The van der Waals surface area contributed by atoms with Crippen molar-refractivity contribution in [3.05, 3.63) is 23.5 Å². The Morgan fingerprint density at radius 2 is 2.12 bits per heavy atom. The van der Waals surface area contributed by atoms with Crippen LogP contribution in [0.1, 0.15) is 22.6 Å². The molecule has 1 rings (SSSR count). The van der Waals surface area contributed by atoms with Gasteiger partial charge in [-0.3, -0.25) is 4.79 Å². The molecule has 0 aromatic carbocycles. The van der Waals surface area contributed by atoms with Crippen LogP contribution in [0.2, 0.25) is 0 Å². The molecule has 94 valence electrons. The van der Waals surface area contributed by atoms with Crippen molar-refractivity contribution in [2.24, 2.45) is 0 Å². The maximum atomic E-state index is 10.9. The van der Waals surface area contributed by atoms with E-state index in [1.165, 1.54) is 6.26 Å². The number of aldehydes is 1. The van der Waals surface area contributed by atoms with Gasteiger partial charge >= 0.3 is 0 Å². The van der Waals surface area contributed by atoms with Crippen LogP contribution in [-0.4, -0.2) is 38.3 Å². The number of rotatable bonds is 6. The number of aryl methyl sites for hydroxylation is 1. The highest BCUT2D eigenvalue weighted by molar-refractivity contribution is 7.90. The first kappa shape index (κ1) is 13.6. The largest absolute Gasteiger partial charge is 0.491 e. The zero-order valence-electron chi connectivity index (χ0n) is 9.84. The molecule has 0 aliphatic carbocycles. The molecule has 0 spiro atoms. The molecular formula is C11H15NO4S. The molecule has 6 heteroatoms. The zero-order chi connectivity index (χ0) is 12.9. The fourth-order valence-electron chi connectivity index (χ4n) is 1.27. The van der Waals surface area contributed by atoms with Gasteiger partial charge in [0, 0.05) is 11.9 Å². The highest BCUT2D eigenvalue weighted by Gasteiger charge is 2.06. The third kappa shape index (κ3) is 4.95. The minimum Gasteiger partial charge on any atom is -0.491 e. The van der Waals surface area contributed by atoms with Crippen LogP contribution in [-0.2, 0) is 9.84 Å². The maximum Gasteiger partial charge on any atom is 0.172 e. The van der Waals surface area contributed by atoms with Crippen molar-refractivity contribution in [3.8, 4) is 5.75 Å². The Labute approximate surface area is 101 Å². The van der Waals surface area contributed by atoms with E-state index in [4.69, 9.17) is 4.74 Å². The van der Waals surface area contributed by atoms with Crippen LogP contribution in [0, 0.1) is 6.92 Å². The van der Waals surface area contributed by atoms with E-state index in [-0.39, 0.29) is 18.1 Å². The quantitative estimate of drug-likeness (QED) is 0.562. The van der Waals surface area contributed by atoms with Crippen LogP contribution in [0.3, 0.4) is 0 Å². The Hall–Kier alpha value is -1.43. The number of pyridine rings is 1. The van der Waals surface area contributed by atoms with Crippen LogP contribution >= 0.6 is 0 Å². The Morgan fingerprint density at radius 3 is 2.71 bits per heavy atom. The predicted molar refractivity (Wildman–Crippen MR) is 64.2 cm³/mol. The van der Waals surface area contributed by atoms with E-state index in [0.29, 0.717) is 18.5 Å². The second-order valence-corrected chi connectivity index (χ2v) is 6.05. The molecule has 0 radical (unpaired) electrons. The van der Waals surface area contributed by atoms with Crippen molar-refractivity contribution in [1.82, 2.24) is 4.98 Å². The Bertz CT molecular complexity index is 496. The summed E-state index contributed by atoms with van der Waals surface area (Å²) in [5.74, 6) is 0.460. The monoisotopic (exact) mass is 257 g/mol. The number of sulfone groups is 1. The van der Waals surface area contributed by atoms with Crippen LogP contribution in [0.25, 0.3) is 0 Å². The molecule has 1 aromatic rings. The van der Waals surface area contributed by atoms with Gasteiger partial charge in [-0.1, -0.05) is 0 Å². The van der Waals surface area contributed by atoms with Gasteiger partial charge in [0.1, 0.15) is 21.3 Å². The van der Waals surface area contributed by atoms with Crippen molar-refractivity contribution in [2.45, 2.75) is 13.3 Å². The summed E-state index contributed by atoms with van der Waals surface area (Å²) in [5.41, 5.74) is 0.972. The summed E-state index contributed by atoms with van der Waals surface area (Å²) in [7, 11) is -2.97. The van der Waals surface area contributed by atoms with E-state index < -0.39 is 9.84 Å². The fraction of sp³-hybridized carbons (Fsp3) is 0.455. The predicted octanol–water partition coefficient (Wildman–Crippen LogP) is 1.02. The van der Waals surface area contributed by atoms with Crippen molar-refractivity contribution in [2.75, 3.05) is 18.6 Å². The SMILES string of the molecule is Cc1ccc(OCCCS(C)(=O)=O)c(C=O)n1. The van der Waals surface area contributed by atoms with Gasteiger partial charge in [-0.05, 0) is 25.5 Å². The molecule has 0 saturated carbocycles. The van der Waals surface area contributed by atoms with E-state index in [2.05, 4.69) is 4.98 Å². The van der Waals surface area contributed by atoms with Crippen LogP contribution in [0.15, 0.2) is 12.1 Å². The van der Waals surface area contributed by atoms with Crippen LogP contribution < -0.4 is 4.74 Å². The smallest absolute Gasteiger partial charge is 0.172 e. The Morgan fingerprint density at radius 1 is 1.41 bits per heavy atom. The lowest BCUT2D eigenvalue weighted by molar-refractivity contribution is 0.111. The molecule has 0 aliphatic rings. The van der Waals surface area contributed by atoms with Crippen molar-refractivity contribution in [3.63, 3.8) is 0 Å². The lowest BCUT2D eigenvalue weighted by atomic mass is 10.3. The number of aromatic nitrogens is 1. The molecule has 5 nitrogen and oxygen atoms in total. The molecule has 1 heterocycles. The average molecular weight is 257 g/mol. The molecule has 0 fully saturated rings. The normalized spacial score (nSPS) is 11.2. The third-order valence-corrected chi connectivity index (χ3v) is 3.08. The number of carbonyl (C=O) groups excluding carboxylic acids is 1. The summed E-state index contributed by atoms with van der Waals surface area (Å²) >= 11 is 0. The van der Waals surface area contributed by atoms with E-state index in [0.717, 1.165) is 5.69 Å². The molecule has 0 N–H and O–H groups in total. The minimum absolute atomic E-state index is 0.0721. The van der Waals surface area contributed by atoms with Crippen molar-refractivity contribution < 1.29 is 17.9 Å². The Balaban J connectivity index is 2.55. The maximum absolute atomic E-state index is 10.9. The van der Waals surface area contributed by atoms with Gasteiger partial charge in [-0.25, -0.2) is 13.4 Å². The molecule has 1 aromatic heterocycles. The number of hydrogen-bond donors (Lipinski definition) is 0. The molecule has 0 bridgehead atoms. The highest BCUT2D eigenvalue weighted by Crippen LogP contribution is 2.15. The van der Waals surface area contributed by atoms with Gasteiger partial charge in [0.15, 0.2) is 6.29 Å². The molecule has 0 atom stereocenters. The van der Waals surface area contributed by atoms with E-state index >= 15 is 0 Å². The van der Waals surface area contributed by atoms with Gasteiger partial charge in [-0.15, -0.1) is 0 Å². The lowest BCUT2D eigenvalue weighted by Crippen LogP contribution is -2.09. The van der Waals surface area contributed by atoms with Gasteiger partial charge in [-0.2, -0.15) is 0 Å². The molecule has 0 amide bonds. The van der Waals surface area contributed by atoms with E-state index in [9.17, 15) is 13.2 Å². The summed E-state index contributed by atoms with van der Waals surface area (Å²) in [5, 5.41) is 0. The molecular weight excluding hydrogens is 242 g/mol. The lowest BCUT2D eigenvalue weighted by Gasteiger charge is -2.07. The summed E-state index contributed by atoms with van der Waals surface area (Å²) in [6, 6.07) is 3.39. The van der Waals surface area contributed by atoms with Gasteiger partial charge in [0.25, 0.3) is 0 Å². The Kier molecular flexibility index (Phi) is 4.62. The second-order valence-electron chi connectivity index (χ2n) is 3.79. The van der Waals surface area contributed by atoms with Crippen LogP contribution in [0.4, 0.5) is 0 Å².